The van der Waals surface area contributed by atoms with E-state index in [1.165, 1.54) is 42.6 Å². The quantitative estimate of drug-likeness (QED) is 0.178. The van der Waals surface area contributed by atoms with E-state index in [4.69, 9.17) is 20.3 Å². The molecule has 0 bridgehead atoms. The normalized spacial score (nSPS) is 16.2. The predicted molar refractivity (Wildman–Crippen MR) is 150 cm³/mol. The van der Waals surface area contributed by atoms with Gasteiger partial charge in [0, 0.05) is 30.0 Å². The number of nitrogens with one attached hydrogen (secondary N) is 1. The van der Waals surface area contributed by atoms with Gasteiger partial charge in [0.05, 0.1) is 17.6 Å². The summed E-state index contributed by atoms with van der Waals surface area (Å²) in [6, 6.07) is 11.6. The number of benzene rings is 3. The van der Waals surface area contributed by atoms with Crippen molar-refractivity contribution >= 4 is 28.5 Å². The van der Waals surface area contributed by atoms with Crippen LogP contribution < -0.4 is 15.2 Å². The number of nitrogens with zero attached hydrogens (tertiary/aromatic N) is 2. The van der Waals surface area contributed by atoms with Crippen LogP contribution in [0.15, 0.2) is 64.7 Å². The van der Waals surface area contributed by atoms with E-state index in [0.717, 1.165) is 6.07 Å². The molecule has 218 valence electrons. The fraction of sp³-hybridized carbons (Fsp3) is 0.233. The van der Waals surface area contributed by atoms with Gasteiger partial charge in [0.1, 0.15) is 35.9 Å². The van der Waals surface area contributed by atoms with Gasteiger partial charge in [0.2, 0.25) is 0 Å². The van der Waals surface area contributed by atoms with E-state index in [2.05, 4.69) is 15.0 Å². The Morgan fingerprint density at radius 1 is 1.21 bits per heavy atom. The lowest BCUT2D eigenvalue weighted by Gasteiger charge is -2.20. The second kappa shape index (κ2) is 12.0. The molecule has 4 aromatic rings. The number of carboxylic acids is 1. The maximum absolute atomic E-state index is 15.3. The van der Waals surface area contributed by atoms with E-state index in [1.54, 1.807) is 13.0 Å². The van der Waals surface area contributed by atoms with Crippen molar-refractivity contribution in [3.63, 3.8) is 0 Å². The molecule has 9 nitrogen and oxygen atoms in total. The summed E-state index contributed by atoms with van der Waals surface area (Å²) in [5, 5.41) is 19.3. The minimum absolute atomic E-state index is 0.00900. The number of aliphatic carboxylic acids is 1. The number of aliphatic imine (C=N–C) groups is 2. The highest BCUT2D eigenvalue weighted by atomic mass is 19.1. The number of aliphatic hydroxyl groups is 1. The van der Waals surface area contributed by atoms with Crippen LogP contribution in [0.4, 0.5) is 13.2 Å². The molecule has 0 radical (unpaired) electrons. The first-order chi connectivity index (χ1) is 20.1. The maximum atomic E-state index is 15.3. The van der Waals surface area contributed by atoms with Gasteiger partial charge in [-0.25, -0.2) is 18.2 Å². The molecule has 1 aliphatic rings. The minimum Gasteiger partial charge on any atom is -0.490 e. The lowest BCUT2D eigenvalue weighted by Crippen LogP contribution is -2.26. The Kier molecular flexibility index (Phi) is 8.16. The lowest BCUT2D eigenvalue weighted by molar-refractivity contribution is -0.136. The molecule has 2 atom stereocenters. The van der Waals surface area contributed by atoms with E-state index in [-0.39, 0.29) is 76.8 Å². The highest BCUT2D eigenvalue weighted by Gasteiger charge is 2.23. The van der Waals surface area contributed by atoms with Gasteiger partial charge in [-0.2, -0.15) is 0 Å². The molecule has 0 aliphatic carbocycles. The third-order valence-corrected chi connectivity index (χ3v) is 6.86. The van der Waals surface area contributed by atoms with Gasteiger partial charge >= 0.3 is 5.97 Å². The molecule has 2 unspecified atom stereocenters. The van der Waals surface area contributed by atoms with Crippen molar-refractivity contribution in [2.24, 2.45) is 15.7 Å². The van der Waals surface area contributed by atoms with Crippen LogP contribution in [0.1, 0.15) is 36.0 Å². The number of hydrogen-bond acceptors (Lipinski definition) is 6. The fourth-order valence-electron chi connectivity index (χ4n) is 4.56. The zero-order chi connectivity index (χ0) is 30.0. The van der Waals surface area contributed by atoms with Crippen LogP contribution in [-0.2, 0) is 11.2 Å². The number of aromatic nitrogens is 1. The number of nitrogens with two attached hydrogens (primary N) is 1. The molecule has 0 fully saturated rings. The van der Waals surface area contributed by atoms with Crippen LogP contribution in [0, 0.1) is 17.5 Å². The topological polar surface area (TPSA) is 143 Å². The van der Waals surface area contributed by atoms with E-state index >= 15 is 8.78 Å². The number of amidine groups is 2. The van der Waals surface area contributed by atoms with Crippen molar-refractivity contribution in [2.45, 2.75) is 31.8 Å². The first-order valence-electron chi connectivity index (χ1n) is 13.1. The Morgan fingerprint density at radius 3 is 2.81 bits per heavy atom. The van der Waals surface area contributed by atoms with Crippen molar-refractivity contribution in [1.82, 2.24) is 4.98 Å². The number of aryl methyl sites for hydroxylation is 1. The summed E-state index contributed by atoms with van der Waals surface area (Å²) in [5.41, 5.74) is 7.32. The summed E-state index contributed by atoms with van der Waals surface area (Å²) in [6.07, 6.45) is 0.316. The number of ether oxygens (including phenoxy) is 2. The van der Waals surface area contributed by atoms with E-state index in [1.807, 2.05) is 0 Å². The van der Waals surface area contributed by atoms with Crippen molar-refractivity contribution < 1.29 is 37.7 Å². The van der Waals surface area contributed by atoms with Crippen molar-refractivity contribution in [3.8, 4) is 17.2 Å². The molecule has 0 saturated carbocycles. The minimum atomic E-state index is -1.04. The van der Waals surface area contributed by atoms with Gasteiger partial charge in [-0.3, -0.25) is 9.79 Å². The molecule has 5 rings (SSSR count). The molecule has 42 heavy (non-hydrogen) atoms. The Hall–Kier alpha value is -4.84. The second-order valence-electron chi connectivity index (χ2n) is 9.80. The summed E-state index contributed by atoms with van der Waals surface area (Å²) in [4.78, 5) is 22.5. The van der Waals surface area contributed by atoms with Crippen molar-refractivity contribution in [3.05, 3.63) is 88.9 Å². The average molecular weight is 581 g/mol. The average Bonchev–Trinajstić information content (AvgIpc) is 3.43. The molecule has 0 spiro atoms. The monoisotopic (exact) mass is 580 g/mol. The zero-order valence-corrected chi connectivity index (χ0v) is 22.4. The van der Waals surface area contributed by atoms with Crippen LogP contribution in [0.5, 0.6) is 17.2 Å². The predicted octanol–water partition coefficient (Wildman–Crippen LogP) is 5.06. The molecule has 12 heteroatoms. The first-order valence-corrected chi connectivity index (χ1v) is 13.1. The number of fused-ring (bicyclic) bond motifs is 2. The number of rotatable bonds is 7. The van der Waals surface area contributed by atoms with E-state index < -0.39 is 41.2 Å². The summed E-state index contributed by atoms with van der Waals surface area (Å²) < 4.78 is 56.4. The Morgan fingerprint density at radius 2 is 2.02 bits per heavy atom. The third kappa shape index (κ3) is 5.93. The van der Waals surface area contributed by atoms with Gasteiger partial charge in [-0.1, -0.05) is 25.1 Å². The van der Waals surface area contributed by atoms with Gasteiger partial charge in [-0.15, -0.1) is 0 Å². The number of carboxylic acid groups (broad SMARTS) is 1. The summed E-state index contributed by atoms with van der Waals surface area (Å²) in [6.45, 7) is 1.48. The van der Waals surface area contributed by atoms with E-state index in [0.29, 0.717) is 0 Å². The van der Waals surface area contributed by atoms with Crippen molar-refractivity contribution in [2.75, 3.05) is 13.2 Å². The number of halogens is 3. The van der Waals surface area contributed by atoms with Crippen LogP contribution in [-0.4, -0.2) is 52.1 Å². The molecule has 5 N–H and O–H groups in total. The number of hydrogen-bond donors (Lipinski definition) is 4. The first kappa shape index (κ1) is 28.7. The molecule has 0 saturated heterocycles. The van der Waals surface area contributed by atoms with Crippen molar-refractivity contribution in [1.29, 1.82) is 0 Å². The summed E-state index contributed by atoms with van der Waals surface area (Å²) >= 11 is 0. The second-order valence-corrected chi connectivity index (χ2v) is 9.80. The lowest BCUT2D eigenvalue weighted by atomic mass is 9.95. The third-order valence-electron chi connectivity index (χ3n) is 6.86. The largest absolute Gasteiger partial charge is 0.490 e. The zero-order valence-electron chi connectivity index (χ0n) is 22.4. The highest BCUT2D eigenvalue weighted by molar-refractivity contribution is 6.09. The number of H-pyrrole nitrogens is 1. The highest BCUT2D eigenvalue weighted by Crippen LogP contribution is 2.35. The van der Waals surface area contributed by atoms with Crippen LogP contribution in [0.3, 0.4) is 0 Å². The summed E-state index contributed by atoms with van der Waals surface area (Å²) in [7, 11) is 0. The molecule has 1 aromatic heterocycles. The summed E-state index contributed by atoms with van der Waals surface area (Å²) in [5.74, 6) is -4.44. The number of aromatic amines is 1. The Bertz CT molecular complexity index is 1720. The van der Waals surface area contributed by atoms with Crippen LogP contribution >= 0.6 is 0 Å². The van der Waals surface area contributed by atoms with Gasteiger partial charge in [0.25, 0.3) is 0 Å². The maximum Gasteiger partial charge on any atom is 0.303 e. The molecule has 3 aromatic carbocycles. The van der Waals surface area contributed by atoms with Gasteiger partial charge in [-0.05, 0) is 41.8 Å². The number of carbonyl (C=O) groups is 1. The molecular weight excluding hydrogens is 553 g/mol. The SMILES string of the molecule is CC(C(N)=NC1=NCC(O)COc2ccc(Oc3c(F)cc4[nH]ccc4c3F)cc21)c1cccc(CCC(=O)O)c1F. The smallest absolute Gasteiger partial charge is 0.303 e. The van der Waals surface area contributed by atoms with E-state index in [9.17, 15) is 14.3 Å². The molecule has 2 heterocycles. The standard InChI is InChI=1S/C30H27F3N4O5/c1-15(19-4-2-3-16(26(19)32)5-8-25(39)40)29(34)37-30-21-11-18(6-7-24(21)41-14-17(38)13-36-30)42-28-22(31)12-23-20(27(28)33)9-10-35-23/h2-4,6-7,9-12,15,17,35,38H,5,8,13-14H2,1H3,(H,39,40)(H2,34,36,37). The Labute approximate surface area is 238 Å². The van der Waals surface area contributed by atoms with Crippen LogP contribution in [0.2, 0.25) is 0 Å². The van der Waals surface area contributed by atoms with Gasteiger partial charge < -0.3 is 30.4 Å². The fourth-order valence-corrected chi connectivity index (χ4v) is 4.56. The Balaban J connectivity index is 1.49. The molecular formula is C30H27F3N4O5. The van der Waals surface area contributed by atoms with Gasteiger partial charge in [0.15, 0.2) is 23.2 Å². The molecule has 1 aliphatic heterocycles. The molecule has 0 amide bonds. The van der Waals surface area contributed by atoms with Crippen LogP contribution in [0.25, 0.3) is 10.9 Å². The number of aliphatic hydroxyl groups excluding tert-OH is 1.